The summed E-state index contributed by atoms with van der Waals surface area (Å²) in [6.45, 7) is 2.17. The van der Waals surface area contributed by atoms with E-state index >= 15 is 0 Å². The summed E-state index contributed by atoms with van der Waals surface area (Å²) in [5.41, 5.74) is 2.36. The Morgan fingerprint density at radius 2 is 1.65 bits per heavy atom. The molecule has 1 unspecified atom stereocenters. The lowest BCUT2D eigenvalue weighted by Crippen LogP contribution is -2.17. The fraction of sp³-hybridized carbons (Fsp3) is 0.294. The van der Waals surface area contributed by atoms with Crippen molar-refractivity contribution in [1.29, 1.82) is 0 Å². The molecule has 3 nitrogen and oxygen atoms in total. The van der Waals surface area contributed by atoms with Crippen molar-refractivity contribution in [3.05, 3.63) is 54.1 Å². The lowest BCUT2D eigenvalue weighted by molar-refractivity contribution is 0.414. The third-order valence-electron chi connectivity index (χ3n) is 3.18. The molecule has 0 aromatic heterocycles. The average molecular weight is 271 g/mol. The Morgan fingerprint density at radius 1 is 0.950 bits per heavy atom. The number of methoxy groups -OCH3 is 2. The molecule has 20 heavy (non-hydrogen) atoms. The minimum Gasteiger partial charge on any atom is -0.497 e. The molecule has 1 atom stereocenters. The Kier molecular flexibility index (Phi) is 4.88. The van der Waals surface area contributed by atoms with Crippen LogP contribution in [0, 0.1) is 0 Å². The number of benzene rings is 2. The first-order valence-electron chi connectivity index (χ1n) is 6.75. The van der Waals surface area contributed by atoms with E-state index in [2.05, 4.69) is 24.4 Å². The molecule has 0 heterocycles. The molecule has 0 saturated heterocycles. The molecule has 0 fully saturated rings. The van der Waals surface area contributed by atoms with E-state index in [1.807, 2.05) is 36.4 Å². The molecule has 0 spiro atoms. The van der Waals surface area contributed by atoms with Gasteiger partial charge in [-0.15, -0.1) is 0 Å². The van der Waals surface area contributed by atoms with Gasteiger partial charge in [0.05, 0.1) is 14.2 Å². The summed E-state index contributed by atoms with van der Waals surface area (Å²) in [5, 5.41) is 3.48. The van der Waals surface area contributed by atoms with Gasteiger partial charge in [-0.3, -0.25) is 0 Å². The van der Waals surface area contributed by atoms with Crippen LogP contribution in [0.15, 0.2) is 48.5 Å². The summed E-state index contributed by atoms with van der Waals surface area (Å²) < 4.78 is 10.4. The fourth-order valence-corrected chi connectivity index (χ4v) is 2.16. The van der Waals surface area contributed by atoms with Crippen LogP contribution in [-0.4, -0.2) is 20.3 Å². The van der Waals surface area contributed by atoms with Gasteiger partial charge in [0.2, 0.25) is 0 Å². The van der Waals surface area contributed by atoms with Crippen LogP contribution in [0.5, 0.6) is 11.5 Å². The number of hydrogen-bond acceptors (Lipinski definition) is 3. The molecule has 0 amide bonds. The van der Waals surface area contributed by atoms with Crippen LogP contribution in [0.4, 0.5) is 5.69 Å². The van der Waals surface area contributed by atoms with Crippen LogP contribution in [0.2, 0.25) is 0 Å². The maximum atomic E-state index is 5.23. The van der Waals surface area contributed by atoms with Gasteiger partial charge in [0.1, 0.15) is 11.5 Å². The van der Waals surface area contributed by atoms with E-state index in [9.17, 15) is 0 Å². The minimum absolute atomic E-state index is 0.343. The van der Waals surface area contributed by atoms with E-state index in [1.54, 1.807) is 14.2 Å². The molecule has 0 aliphatic carbocycles. The molecule has 0 radical (unpaired) electrons. The summed E-state index contributed by atoms with van der Waals surface area (Å²) in [6.07, 6.45) is 0.960. The van der Waals surface area contributed by atoms with Crippen LogP contribution in [-0.2, 0) is 6.42 Å². The van der Waals surface area contributed by atoms with Gasteiger partial charge in [0.15, 0.2) is 0 Å². The SMILES string of the molecule is COc1ccc(CC(C)Nc2cccc(OC)c2)cc1. The second-order valence-corrected chi connectivity index (χ2v) is 4.83. The van der Waals surface area contributed by atoms with E-state index in [-0.39, 0.29) is 0 Å². The molecule has 0 bridgehead atoms. The normalized spacial score (nSPS) is 11.8. The lowest BCUT2D eigenvalue weighted by atomic mass is 10.1. The summed E-state index contributed by atoms with van der Waals surface area (Å²) >= 11 is 0. The van der Waals surface area contributed by atoms with E-state index in [0.29, 0.717) is 6.04 Å². The van der Waals surface area contributed by atoms with Crippen molar-refractivity contribution in [3.63, 3.8) is 0 Å². The molecule has 106 valence electrons. The van der Waals surface area contributed by atoms with Crippen LogP contribution in [0.25, 0.3) is 0 Å². The van der Waals surface area contributed by atoms with Crippen molar-refractivity contribution in [2.45, 2.75) is 19.4 Å². The summed E-state index contributed by atoms with van der Waals surface area (Å²) in [5.74, 6) is 1.76. The molecule has 0 aliphatic rings. The van der Waals surface area contributed by atoms with Gasteiger partial charge in [0, 0.05) is 17.8 Å². The van der Waals surface area contributed by atoms with Crippen molar-refractivity contribution in [2.24, 2.45) is 0 Å². The Hall–Kier alpha value is -2.16. The van der Waals surface area contributed by atoms with Crippen LogP contribution < -0.4 is 14.8 Å². The largest absolute Gasteiger partial charge is 0.497 e. The molecule has 3 heteroatoms. The summed E-state index contributed by atoms with van der Waals surface area (Å²) in [6, 6.07) is 16.5. The van der Waals surface area contributed by atoms with Gasteiger partial charge < -0.3 is 14.8 Å². The van der Waals surface area contributed by atoms with Gasteiger partial charge in [-0.2, -0.15) is 0 Å². The lowest BCUT2D eigenvalue weighted by Gasteiger charge is -2.16. The van der Waals surface area contributed by atoms with E-state index in [1.165, 1.54) is 5.56 Å². The maximum Gasteiger partial charge on any atom is 0.120 e. The molecular weight excluding hydrogens is 250 g/mol. The summed E-state index contributed by atoms with van der Waals surface area (Å²) in [4.78, 5) is 0. The Bertz CT molecular complexity index is 537. The molecular formula is C17H21NO2. The molecule has 2 rings (SSSR count). The van der Waals surface area contributed by atoms with Gasteiger partial charge in [-0.1, -0.05) is 18.2 Å². The van der Waals surface area contributed by atoms with Crippen LogP contribution in [0.3, 0.4) is 0 Å². The minimum atomic E-state index is 0.343. The van der Waals surface area contributed by atoms with Crippen molar-refractivity contribution in [1.82, 2.24) is 0 Å². The van der Waals surface area contributed by atoms with Crippen molar-refractivity contribution in [2.75, 3.05) is 19.5 Å². The highest BCUT2D eigenvalue weighted by Gasteiger charge is 2.04. The monoisotopic (exact) mass is 271 g/mol. The maximum absolute atomic E-state index is 5.23. The number of ether oxygens (including phenoxy) is 2. The quantitative estimate of drug-likeness (QED) is 0.868. The molecule has 2 aromatic carbocycles. The standard InChI is InChI=1S/C17H21NO2/c1-13(11-14-7-9-16(19-2)10-8-14)18-15-5-4-6-17(12-15)20-3/h4-10,12-13,18H,11H2,1-3H3. The second-order valence-electron chi connectivity index (χ2n) is 4.83. The third-order valence-corrected chi connectivity index (χ3v) is 3.18. The Morgan fingerprint density at radius 3 is 2.30 bits per heavy atom. The smallest absolute Gasteiger partial charge is 0.120 e. The zero-order valence-electron chi connectivity index (χ0n) is 12.2. The fourth-order valence-electron chi connectivity index (χ4n) is 2.16. The van der Waals surface area contributed by atoms with Gasteiger partial charge >= 0.3 is 0 Å². The highest BCUT2D eigenvalue weighted by Crippen LogP contribution is 2.19. The third kappa shape index (κ3) is 3.92. The number of hydrogen-bond donors (Lipinski definition) is 1. The van der Waals surface area contributed by atoms with Gasteiger partial charge in [-0.25, -0.2) is 0 Å². The predicted molar refractivity (Wildman–Crippen MR) is 82.8 cm³/mol. The molecule has 0 saturated carbocycles. The predicted octanol–water partition coefficient (Wildman–Crippen LogP) is 3.75. The zero-order chi connectivity index (χ0) is 14.4. The van der Waals surface area contributed by atoms with Gasteiger partial charge in [-0.05, 0) is 43.2 Å². The first-order chi connectivity index (χ1) is 9.71. The first kappa shape index (κ1) is 14.3. The highest BCUT2D eigenvalue weighted by atomic mass is 16.5. The number of nitrogens with one attached hydrogen (secondary N) is 1. The average Bonchev–Trinajstić information content (AvgIpc) is 2.48. The highest BCUT2D eigenvalue weighted by molar-refractivity contribution is 5.49. The van der Waals surface area contributed by atoms with Gasteiger partial charge in [0.25, 0.3) is 0 Å². The van der Waals surface area contributed by atoms with Crippen molar-refractivity contribution >= 4 is 5.69 Å². The molecule has 1 N–H and O–H groups in total. The van der Waals surface area contributed by atoms with E-state index in [0.717, 1.165) is 23.6 Å². The Labute approximate surface area is 120 Å². The number of rotatable bonds is 6. The topological polar surface area (TPSA) is 30.5 Å². The van der Waals surface area contributed by atoms with Crippen LogP contribution in [0.1, 0.15) is 12.5 Å². The van der Waals surface area contributed by atoms with Crippen molar-refractivity contribution < 1.29 is 9.47 Å². The second kappa shape index (κ2) is 6.85. The molecule has 2 aromatic rings. The Balaban J connectivity index is 1.95. The van der Waals surface area contributed by atoms with Crippen molar-refractivity contribution in [3.8, 4) is 11.5 Å². The van der Waals surface area contributed by atoms with Crippen LogP contribution >= 0.6 is 0 Å². The first-order valence-corrected chi connectivity index (χ1v) is 6.75. The van der Waals surface area contributed by atoms with E-state index in [4.69, 9.17) is 9.47 Å². The summed E-state index contributed by atoms with van der Waals surface area (Å²) in [7, 11) is 3.36. The van der Waals surface area contributed by atoms with E-state index < -0.39 is 0 Å². The molecule has 0 aliphatic heterocycles. The number of anilines is 1. The zero-order valence-corrected chi connectivity index (χ0v) is 12.2.